The summed E-state index contributed by atoms with van der Waals surface area (Å²) in [5, 5.41) is 11.0. The van der Waals surface area contributed by atoms with Crippen LogP contribution in [0, 0.1) is 10.1 Å². The molecular weight excluding hydrogens is 430 g/mol. The van der Waals surface area contributed by atoms with Crippen molar-refractivity contribution in [1.29, 1.82) is 0 Å². The van der Waals surface area contributed by atoms with Gasteiger partial charge in [-0.25, -0.2) is 8.42 Å². The van der Waals surface area contributed by atoms with Gasteiger partial charge >= 0.3 is 0 Å². The molecule has 0 atom stereocenters. The second kappa shape index (κ2) is 8.92. The topological polar surface area (TPSA) is 119 Å². The van der Waals surface area contributed by atoms with Crippen LogP contribution in [0.1, 0.15) is 23.2 Å². The number of methoxy groups -OCH3 is 1. The molecule has 1 heterocycles. The van der Waals surface area contributed by atoms with Crippen molar-refractivity contribution in [3.05, 3.63) is 52.1 Å². The Morgan fingerprint density at radius 1 is 1.20 bits per heavy atom. The fraction of sp³-hybridized carbons (Fsp3) is 0.316. The van der Waals surface area contributed by atoms with Crippen molar-refractivity contribution in [2.75, 3.05) is 31.2 Å². The number of sulfonamides is 1. The summed E-state index contributed by atoms with van der Waals surface area (Å²) in [5.41, 5.74) is -0.0255. The number of thioether (sulfide) groups is 1. The maximum Gasteiger partial charge on any atom is 0.271 e. The van der Waals surface area contributed by atoms with Gasteiger partial charge in [-0.3, -0.25) is 19.6 Å². The summed E-state index contributed by atoms with van der Waals surface area (Å²) in [6, 6.07) is 7.96. The number of amides is 1. The number of hydrogen-bond donors (Lipinski definition) is 1. The lowest BCUT2D eigenvalue weighted by Gasteiger charge is -2.18. The van der Waals surface area contributed by atoms with E-state index in [1.807, 2.05) is 6.26 Å². The lowest BCUT2D eigenvalue weighted by atomic mass is 10.2. The van der Waals surface area contributed by atoms with Crippen LogP contribution in [0.15, 0.2) is 46.2 Å². The molecule has 0 saturated carbocycles. The van der Waals surface area contributed by atoms with Gasteiger partial charge in [0, 0.05) is 30.1 Å². The number of anilines is 1. The Morgan fingerprint density at radius 3 is 2.50 bits per heavy atom. The Bertz CT molecular complexity index is 1080. The Morgan fingerprint density at radius 2 is 1.90 bits per heavy atom. The zero-order chi connectivity index (χ0) is 21.9. The molecule has 1 aliphatic rings. The summed E-state index contributed by atoms with van der Waals surface area (Å²) in [4.78, 5) is 25.6. The predicted octanol–water partition coefficient (Wildman–Crippen LogP) is 3.36. The molecule has 0 aliphatic carbocycles. The summed E-state index contributed by atoms with van der Waals surface area (Å²) in [5.74, 6) is -0.0693. The van der Waals surface area contributed by atoms with E-state index in [1.54, 1.807) is 11.0 Å². The molecule has 11 heteroatoms. The highest BCUT2D eigenvalue weighted by molar-refractivity contribution is 7.98. The van der Waals surface area contributed by atoms with Crippen molar-refractivity contribution in [2.24, 2.45) is 0 Å². The van der Waals surface area contributed by atoms with Gasteiger partial charge in [-0.05, 0) is 43.4 Å². The third-order valence-electron chi connectivity index (χ3n) is 4.74. The van der Waals surface area contributed by atoms with Gasteiger partial charge in [-0.1, -0.05) is 0 Å². The number of ether oxygens (including phenoxy) is 1. The number of nitro benzene ring substituents is 1. The number of carbonyl (C=O) groups excluding carboxylic acids is 1. The molecule has 1 fully saturated rings. The van der Waals surface area contributed by atoms with Crippen LogP contribution in [-0.2, 0) is 10.0 Å². The average Bonchev–Trinajstić information content (AvgIpc) is 3.27. The van der Waals surface area contributed by atoms with E-state index in [9.17, 15) is 23.3 Å². The molecule has 1 aliphatic heterocycles. The maximum atomic E-state index is 13.0. The van der Waals surface area contributed by atoms with Gasteiger partial charge in [0.15, 0.2) is 0 Å². The lowest BCUT2D eigenvalue weighted by Crippen LogP contribution is -2.28. The number of nitrogens with one attached hydrogen (secondary N) is 1. The van der Waals surface area contributed by atoms with Crippen molar-refractivity contribution < 1.29 is 22.9 Å². The van der Waals surface area contributed by atoms with Gasteiger partial charge in [0.2, 0.25) is 0 Å². The number of likely N-dealkylation sites (tertiary alicyclic amines) is 1. The molecule has 2 aromatic rings. The van der Waals surface area contributed by atoms with E-state index in [0.717, 1.165) is 18.9 Å². The highest BCUT2D eigenvalue weighted by atomic mass is 32.2. The molecule has 3 rings (SSSR count). The van der Waals surface area contributed by atoms with E-state index >= 15 is 0 Å². The third kappa shape index (κ3) is 4.51. The standard InChI is InChI=1S/C19H21N3O6S2/c1-28-17-7-5-13(22(24)25)11-16(17)20-30(26,27)14-6-8-18(29-2)15(12-14)19(23)21-9-3-4-10-21/h5-8,11-12,20H,3-4,9-10H2,1-2H3. The first-order valence-electron chi connectivity index (χ1n) is 9.09. The molecule has 0 bridgehead atoms. The van der Waals surface area contributed by atoms with Crippen LogP contribution in [0.5, 0.6) is 5.75 Å². The van der Waals surface area contributed by atoms with Gasteiger partial charge < -0.3 is 9.64 Å². The second-order valence-corrected chi connectivity index (χ2v) is 9.14. The van der Waals surface area contributed by atoms with E-state index in [-0.39, 0.29) is 27.9 Å². The van der Waals surface area contributed by atoms with Crippen LogP contribution >= 0.6 is 11.8 Å². The Hall–Kier alpha value is -2.79. The SMILES string of the molecule is COc1ccc([N+](=O)[O-])cc1NS(=O)(=O)c1ccc(SC)c(C(=O)N2CCCC2)c1. The van der Waals surface area contributed by atoms with E-state index in [0.29, 0.717) is 23.5 Å². The van der Waals surface area contributed by atoms with Crippen molar-refractivity contribution in [2.45, 2.75) is 22.6 Å². The van der Waals surface area contributed by atoms with Gasteiger partial charge in [-0.2, -0.15) is 0 Å². The zero-order valence-electron chi connectivity index (χ0n) is 16.5. The predicted molar refractivity (Wildman–Crippen MR) is 114 cm³/mol. The van der Waals surface area contributed by atoms with E-state index in [4.69, 9.17) is 4.74 Å². The fourth-order valence-corrected chi connectivity index (χ4v) is 4.86. The Kier molecular flexibility index (Phi) is 6.52. The quantitative estimate of drug-likeness (QED) is 0.389. The number of non-ortho nitro benzene ring substituents is 1. The first kappa shape index (κ1) is 21.9. The number of benzene rings is 2. The van der Waals surface area contributed by atoms with Crippen molar-refractivity contribution in [1.82, 2.24) is 4.90 Å². The van der Waals surface area contributed by atoms with Crippen LogP contribution in [0.2, 0.25) is 0 Å². The molecule has 160 valence electrons. The van der Waals surface area contributed by atoms with Crippen molar-refractivity contribution in [3.63, 3.8) is 0 Å². The number of nitrogens with zero attached hydrogens (tertiary/aromatic N) is 2. The van der Waals surface area contributed by atoms with Gasteiger partial charge in [-0.15, -0.1) is 11.8 Å². The number of nitro groups is 1. The second-order valence-electron chi connectivity index (χ2n) is 6.61. The smallest absolute Gasteiger partial charge is 0.271 e. The minimum atomic E-state index is -4.13. The summed E-state index contributed by atoms with van der Waals surface area (Å²) in [7, 11) is -2.79. The molecule has 1 N–H and O–H groups in total. The van der Waals surface area contributed by atoms with Crippen LogP contribution in [0.3, 0.4) is 0 Å². The molecule has 1 amide bonds. The molecule has 0 aromatic heterocycles. The number of carbonyl (C=O) groups is 1. The monoisotopic (exact) mass is 451 g/mol. The summed E-state index contributed by atoms with van der Waals surface area (Å²) in [6.07, 6.45) is 3.66. The molecule has 9 nitrogen and oxygen atoms in total. The molecule has 0 spiro atoms. The van der Waals surface area contributed by atoms with Crippen LogP contribution in [0.4, 0.5) is 11.4 Å². The molecular formula is C19H21N3O6S2. The van der Waals surface area contributed by atoms with Gasteiger partial charge in [0.25, 0.3) is 21.6 Å². The van der Waals surface area contributed by atoms with Crippen LogP contribution < -0.4 is 9.46 Å². The molecule has 2 aromatic carbocycles. The molecule has 0 radical (unpaired) electrons. The lowest BCUT2D eigenvalue weighted by molar-refractivity contribution is -0.384. The van der Waals surface area contributed by atoms with E-state index < -0.39 is 14.9 Å². The van der Waals surface area contributed by atoms with Crippen molar-refractivity contribution in [3.8, 4) is 5.75 Å². The van der Waals surface area contributed by atoms with E-state index in [2.05, 4.69) is 4.72 Å². The number of rotatable bonds is 7. The summed E-state index contributed by atoms with van der Waals surface area (Å²) >= 11 is 1.36. The summed E-state index contributed by atoms with van der Waals surface area (Å²) < 4.78 is 33.4. The van der Waals surface area contributed by atoms with Crippen LogP contribution in [-0.4, -0.2) is 50.6 Å². The van der Waals surface area contributed by atoms with Gasteiger partial charge in [0.1, 0.15) is 5.75 Å². The van der Waals surface area contributed by atoms with E-state index in [1.165, 1.54) is 43.1 Å². The molecule has 1 saturated heterocycles. The maximum absolute atomic E-state index is 13.0. The molecule has 30 heavy (non-hydrogen) atoms. The minimum absolute atomic E-state index is 0.0620. The Balaban J connectivity index is 1.98. The zero-order valence-corrected chi connectivity index (χ0v) is 18.1. The average molecular weight is 452 g/mol. The molecule has 0 unspecified atom stereocenters. The minimum Gasteiger partial charge on any atom is -0.495 e. The Labute approximate surface area is 178 Å². The normalized spacial score (nSPS) is 13.9. The van der Waals surface area contributed by atoms with Crippen LogP contribution in [0.25, 0.3) is 0 Å². The first-order chi connectivity index (χ1) is 14.3. The third-order valence-corrected chi connectivity index (χ3v) is 6.90. The van der Waals surface area contributed by atoms with Gasteiger partial charge in [0.05, 0.1) is 28.2 Å². The first-order valence-corrected chi connectivity index (χ1v) is 11.8. The number of hydrogen-bond acceptors (Lipinski definition) is 7. The highest BCUT2D eigenvalue weighted by Gasteiger charge is 2.25. The largest absolute Gasteiger partial charge is 0.495 e. The summed E-state index contributed by atoms with van der Waals surface area (Å²) in [6.45, 7) is 1.29. The highest BCUT2D eigenvalue weighted by Crippen LogP contribution is 2.32. The fourth-order valence-electron chi connectivity index (χ4n) is 3.20. The van der Waals surface area contributed by atoms with Crippen molar-refractivity contribution >= 4 is 39.1 Å².